The lowest BCUT2D eigenvalue weighted by molar-refractivity contribution is 0.414. The van der Waals surface area contributed by atoms with E-state index in [4.69, 9.17) is 4.74 Å². The number of methoxy groups -OCH3 is 1. The number of hydrogen-bond acceptors (Lipinski definition) is 5. The van der Waals surface area contributed by atoms with Crippen LogP contribution in [0.1, 0.15) is 29.4 Å². The highest BCUT2D eigenvalue weighted by Crippen LogP contribution is 2.20. The molecule has 0 saturated heterocycles. The summed E-state index contributed by atoms with van der Waals surface area (Å²) in [5, 5.41) is 4.60. The van der Waals surface area contributed by atoms with Crippen LogP contribution in [-0.2, 0) is 20.1 Å². The van der Waals surface area contributed by atoms with Gasteiger partial charge >= 0.3 is 5.69 Å². The molecule has 162 valence electrons. The number of imidazole rings is 1. The SMILES string of the molecule is CCn1c(-n2nc(C)c(C)c2C)nc2c1c(=O)n(Cc1ccc(OC)cc1)c(=O)n2C. The Hall–Kier alpha value is -3.62. The molecule has 0 spiro atoms. The van der Waals surface area contributed by atoms with Crippen molar-refractivity contribution in [2.24, 2.45) is 7.05 Å². The van der Waals surface area contributed by atoms with Gasteiger partial charge in [-0.25, -0.2) is 9.48 Å². The van der Waals surface area contributed by atoms with E-state index in [1.54, 1.807) is 18.8 Å². The van der Waals surface area contributed by atoms with Crippen LogP contribution in [-0.4, -0.2) is 35.6 Å². The summed E-state index contributed by atoms with van der Waals surface area (Å²) in [7, 11) is 3.23. The largest absolute Gasteiger partial charge is 0.497 e. The van der Waals surface area contributed by atoms with Crippen molar-refractivity contribution in [3.8, 4) is 11.7 Å². The topological polar surface area (TPSA) is 88.9 Å². The molecular formula is C22H26N6O3. The van der Waals surface area contributed by atoms with Crippen LogP contribution < -0.4 is 16.0 Å². The van der Waals surface area contributed by atoms with Crippen LogP contribution in [0, 0.1) is 20.8 Å². The lowest BCUT2D eigenvalue weighted by Gasteiger charge is -2.10. The molecule has 0 bridgehead atoms. The summed E-state index contributed by atoms with van der Waals surface area (Å²) in [4.78, 5) is 31.1. The maximum Gasteiger partial charge on any atom is 0.332 e. The zero-order valence-corrected chi connectivity index (χ0v) is 18.6. The molecule has 0 amide bonds. The minimum Gasteiger partial charge on any atom is -0.497 e. The highest BCUT2D eigenvalue weighted by molar-refractivity contribution is 5.72. The Bertz CT molecular complexity index is 1400. The first-order chi connectivity index (χ1) is 14.8. The number of nitrogens with zero attached hydrogens (tertiary/aromatic N) is 6. The van der Waals surface area contributed by atoms with Crippen molar-refractivity contribution < 1.29 is 4.74 Å². The van der Waals surface area contributed by atoms with Crippen LogP contribution in [0.2, 0.25) is 0 Å². The number of hydrogen-bond donors (Lipinski definition) is 0. The average molecular weight is 422 g/mol. The lowest BCUT2D eigenvalue weighted by Crippen LogP contribution is -2.39. The number of ether oxygens (including phenoxy) is 1. The maximum absolute atomic E-state index is 13.4. The summed E-state index contributed by atoms with van der Waals surface area (Å²) in [6.45, 7) is 8.53. The van der Waals surface area contributed by atoms with E-state index in [1.807, 2.05) is 56.5 Å². The molecule has 3 heterocycles. The molecule has 4 aromatic rings. The summed E-state index contributed by atoms with van der Waals surface area (Å²) in [5.74, 6) is 1.24. The molecule has 0 aliphatic carbocycles. The van der Waals surface area contributed by atoms with Crippen molar-refractivity contribution in [2.75, 3.05) is 7.11 Å². The molecule has 0 saturated carbocycles. The van der Waals surface area contributed by atoms with E-state index >= 15 is 0 Å². The van der Waals surface area contributed by atoms with E-state index in [9.17, 15) is 9.59 Å². The van der Waals surface area contributed by atoms with Crippen LogP contribution in [0.5, 0.6) is 5.75 Å². The fourth-order valence-corrected chi connectivity index (χ4v) is 3.79. The van der Waals surface area contributed by atoms with Crippen molar-refractivity contribution in [3.63, 3.8) is 0 Å². The highest BCUT2D eigenvalue weighted by Gasteiger charge is 2.22. The molecule has 0 radical (unpaired) electrons. The zero-order valence-electron chi connectivity index (χ0n) is 18.6. The minimum atomic E-state index is -0.412. The van der Waals surface area contributed by atoms with Crippen LogP contribution in [0.4, 0.5) is 0 Å². The number of fused-ring (bicyclic) bond motifs is 1. The summed E-state index contributed by atoms with van der Waals surface area (Å²) in [5.41, 5.74) is 3.71. The summed E-state index contributed by atoms with van der Waals surface area (Å²) >= 11 is 0. The van der Waals surface area contributed by atoms with Gasteiger partial charge in [-0.1, -0.05) is 12.1 Å². The molecule has 0 N–H and O–H groups in total. The van der Waals surface area contributed by atoms with Gasteiger partial charge in [-0.15, -0.1) is 0 Å². The first-order valence-electron chi connectivity index (χ1n) is 10.1. The van der Waals surface area contributed by atoms with Gasteiger partial charge in [0.1, 0.15) is 5.75 Å². The number of aromatic nitrogens is 6. The van der Waals surface area contributed by atoms with E-state index < -0.39 is 5.69 Å². The third-order valence-corrected chi connectivity index (χ3v) is 5.87. The second-order valence-corrected chi connectivity index (χ2v) is 7.62. The van der Waals surface area contributed by atoms with Crippen LogP contribution in [0.3, 0.4) is 0 Å². The minimum absolute atomic E-state index is 0.161. The molecule has 31 heavy (non-hydrogen) atoms. The molecule has 1 aromatic carbocycles. The molecule has 9 nitrogen and oxygen atoms in total. The molecule has 4 rings (SSSR count). The van der Waals surface area contributed by atoms with Crippen molar-refractivity contribution in [2.45, 2.75) is 40.8 Å². The zero-order chi connectivity index (χ0) is 22.4. The fourth-order valence-electron chi connectivity index (χ4n) is 3.79. The van der Waals surface area contributed by atoms with E-state index in [2.05, 4.69) is 10.1 Å². The van der Waals surface area contributed by atoms with Gasteiger partial charge in [-0.05, 0) is 51.0 Å². The predicted octanol–water partition coefficient (Wildman–Crippen LogP) is 2.08. The Morgan fingerprint density at radius 1 is 1.03 bits per heavy atom. The Labute approximate surface area is 179 Å². The van der Waals surface area contributed by atoms with Gasteiger partial charge in [0.15, 0.2) is 11.2 Å². The molecule has 9 heteroatoms. The molecule has 0 aliphatic heterocycles. The molecule has 0 unspecified atom stereocenters. The van der Waals surface area contributed by atoms with Crippen LogP contribution in [0.25, 0.3) is 17.1 Å². The second kappa shape index (κ2) is 7.57. The summed E-state index contributed by atoms with van der Waals surface area (Å²) < 4.78 is 11.4. The first kappa shape index (κ1) is 20.6. The van der Waals surface area contributed by atoms with Gasteiger partial charge in [-0.2, -0.15) is 10.1 Å². The molecule has 3 aromatic heterocycles. The third-order valence-electron chi connectivity index (χ3n) is 5.87. The van der Waals surface area contributed by atoms with E-state index in [-0.39, 0.29) is 12.1 Å². The van der Waals surface area contributed by atoms with E-state index in [1.165, 1.54) is 9.13 Å². The Balaban J connectivity index is 1.95. The van der Waals surface area contributed by atoms with Gasteiger partial charge < -0.3 is 9.30 Å². The van der Waals surface area contributed by atoms with Crippen molar-refractivity contribution >= 4 is 11.2 Å². The van der Waals surface area contributed by atoms with E-state index in [0.717, 1.165) is 22.5 Å². The lowest BCUT2D eigenvalue weighted by atomic mass is 10.2. The maximum atomic E-state index is 13.4. The second-order valence-electron chi connectivity index (χ2n) is 7.62. The molecule has 0 aliphatic rings. The number of benzene rings is 1. The van der Waals surface area contributed by atoms with Gasteiger partial charge in [-0.3, -0.25) is 13.9 Å². The predicted molar refractivity (Wildman–Crippen MR) is 118 cm³/mol. The fraction of sp³-hybridized carbons (Fsp3) is 0.364. The standard InChI is InChI=1S/C22H26N6O3/c1-7-26-18-19(23-21(26)28-15(4)13(2)14(3)24-28)25(5)22(30)27(20(18)29)12-16-8-10-17(31-6)11-9-16/h8-11H,7,12H2,1-6H3. The van der Waals surface area contributed by atoms with Gasteiger partial charge in [0.2, 0.25) is 5.95 Å². The molecule has 0 fully saturated rings. The number of aryl methyl sites for hydroxylation is 3. The average Bonchev–Trinajstić information content (AvgIpc) is 3.28. The Kier molecular flexibility index (Phi) is 5.04. The van der Waals surface area contributed by atoms with Gasteiger partial charge in [0.25, 0.3) is 5.56 Å². The van der Waals surface area contributed by atoms with Crippen molar-refractivity contribution in [1.82, 2.24) is 28.5 Å². The van der Waals surface area contributed by atoms with Crippen LogP contribution >= 0.6 is 0 Å². The highest BCUT2D eigenvalue weighted by atomic mass is 16.5. The smallest absolute Gasteiger partial charge is 0.332 e. The molecular weight excluding hydrogens is 396 g/mol. The van der Waals surface area contributed by atoms with Gasteiger partial charge in [0.05, 0.1) is 19.3 Å². The van der Waals surface area contributed by atoms with Gasteiger partial charge in [0, 0.05) is 19.3 Å². The first-order valence-corrected chi connectivity index (χ1v) is 10.1. The van der Waals surface area contributed by atoms with E-state index in [0.29, 0.717) is 29.4 Å². The van der Waals surface area contributed by atoms with Crippen molar-refractivity contribution in [3.05, 3.63) is 67.6 Å². The van der Waals surface area contributed by atoms with Crippen LogP contribution in [0.15, 0.2) is 33.9 Å². The number of rotatable bonds is 5. The summed E-state index contributed by atoms with van der Waals surface area (Å²) in [6.07, 6.45) is 0. The Morgan fingerprint density at radius 2 is 1.71 bits per heavy atom. The summed E-state index contributed by atoms with van der Waals surface area (Å²) in [6, 6.07) is 7.30. The quantitative estimate of drug-likeness (QED) is 0.491. The monoisotopic (exact) mass is 422 g/mol. The normalized spacial score (nSPS) is 11.4. The third kappa shape index (κ3) is 3.17. The van der Waals surface area contributed by atoms with Crippen molar-refractivity contribution in [1.29, 1.82) is 0 Å². The molecule has 0 atom stereocenters. The Morgan fingerprint density at radius 3 is 2.26 bits per heavy atom.